The molecule has 0 radical (unpaired) electrons. The summed E-state index contributed by atoms with van der Waals surface area (Å²) in [7, 11) is -0.808. The third-order valence-corrected chi connectivity index (χ3v) is 5.60. The monoisotopic (exact) mass is 342 g/mol. The maximum atomic E-state index is 12.1. The molecule has 0 aliphatic heterocycles. The Hall–Kier alpha value is -1.76. The van der Waals surface area contributed by atoms with Crippen LogP contribution in [0, 0.1) is 0 Å². The highest BCUT2D eigenvalue weighted by Crippen LogP contribution is 2.47. The molecule has 1 aliphatic rings. The van der Waals surface area contributed by atoms with Crippen LogP contribution >= 0.6 is 0 Å². The Morgan fingerprint density at radius 2 is 1.74 bits per heavy atom. The first-order chi connectivity index (χ1) is 10.8. The van der Waals surface area contributed by atoms with Gasteiger partial charge in [-0.2, -0.15) is 0 Å². The first-order valence-corrected chi connectivity index (χ1v) is 9.35. The molecule has 1 saturated carbocycles. The highest BCUT2D eigenvalue weighted by atomic mass is 32.2. The Morgan fingerprint density at radius 1 is 1.13 bits per heavy atom. The molecular weight excluding hydrogens is 320 g/mol. The average Bonchev–Trinajstić information content (AvgIpc) is 2.53. The van der Waals surface area contributed by atoms with E-state index in [1.165, 1.54) is 20.3 Å². The third kappa shape index (κ3) is 3.15. The lowest BCUT2D eigenvalue weighted by Gasteiger charge is -2.35. The molecule has 1 fully saturated rings. The van der Waals surface area contributed by atoms with Crippen molar-refractivity contribution in [2.24, 2.45) is 0 Å². The van der Waals surface area contributed by atoms with Crippen LogP contribution in [0.15, 0.2) is 17.0 Å². The molecule has 6 nitrogen and oxygen atoms in total. The topological polar surface area (TPSA) is 89.9 Å². The van der Waals surface area contributed by atoms with Gasteiger partial charge in [-0.15, -0.1) is 0 Å². The van der Waals surface area contributed by atoms with Crippen molar-refractivity contribution in [2.75, 3.05) is 20.5 Å². The van der Waals surface area contributed by atoms with E-state index in [4.69, 9.17) is 9.47 Å². The second-order valence-electron chi connectivity index (χ2n) is 5.93. The molecule has 0 saturated heterocycles. The number of rotatable bonds is 5. The van der Waals surface area contributed by atoms with Crippen LogP contribution in [0.4, 0.5) is 0 Å². The van der Waals surface area contributed by atoms with Gasteiger partial charge >= 0.3 is 5.97 Å². The van der Waals surface area contributed by atoms with Crippen LogP contribution in [0.2, 0.25) is 0 Å². The van der Waals surface area contributed by atoms with E-state index < -0.39 is 21.2 Å². The quantitative estimate of drug-likeness (QED) is 0.884. The second kappa shape index (κ2) is 6.39. The van der Waals surface area contributed by atoms with Gasteiger partial charge < -0.3 is 14.6 Å². The van der Waals surface area contributed by atoms with Crippen LogP contribution in [0.25, 0.3) is 0 Å². The number of carboxylic acids is 1. The van der Waals surface area contributed by atoms with Crippen LogP contribution < -0.4 is 9.47 Å². The number of hydrogen-bond acceptors (Lipinski definition) is 5. The lowest BCUT2D eigenvalue weighted by molar-refractivity contribution is -0.145. The lowest BCUT2D eigenvalue weighted by atomic mass is 9.69. The fourth-order valence-corrected chi connectivity index (χ4v) is 4.15. The maximum Gasteiger partial charge on any atom is 0.314 e. The molecule has 128 valence electrons. The van der Waals surface area contributed by atoms with Gasteiger partial charge in [0.2, 0.25) is 0 Å². The van der Waals surface area contributed by atoms with E-state index in [1.807, 2.05) is 0 Å². The summed E-state index contributed by atoms with van der Waals surface area (Å²) < 4.78 is 34.7. The van der Waals surface area contributed by atoms with Gasteiger partial charge in [0.15, 0.2) is 9.84 Å². The smallest absolute Gasteiger partial charge is 0.314 e. The molecule has 2 rings (SSSR count). The largest absolute Gasteiger partial charge is 0.497 e. The summed E-state index contributed by atoms with van der Waals surface area (Å²) >= 11 is 0. The summed E-state index contributed by atoms with van der Waals surface area (Å²) in [5.74, 6) is -0.534. The molecule has 23 heavy (non-hydrogen) atoms. The Labute approximate surface area is 136 Å². The third-order valence-electron chi connectivity index (χ3n) is 4.50. The summed E-state index contributed by atoms with van der Waals surface area (Å²) in [6, 6.07) is 2.96. The van der Waals surface area contributed by atoms with Gasteiger partial charge in [0.1, 0.15) is 16.4 Å². The molecule has 1 aromatic rings. The van der Waals surface area contributed by atoms with Gasteiger partial charge in [-0.1, -0.05) is 19.3 Å². The first kappa shape index (κ1) is 17.6. The van der Waals surface area contributed by atoms with Gasteiger partial charge in [0, 0.05) is 17.9 Å². The van der Waals surface area contributed by atoms with Crippen LogP contribution in [0.3, 0.4) is 0 Å². The maximum absolute atomic E-state index is 12.1. The van der Waals surface area contributed by atoms with E-state index in [0.717, 1.165) is 25.5 Å². The van der Waals surface area contributed by atoms with Gasteiger partial charge in [-0.25, -0.2) is 8.42 Å². The predicted molar refractivity (Wildman–Crippen MR) is 85.1 cm³/mol. The van der Waals surface area contributed by atoms with Gasteiger partial charge in [0.25, 0.3) is 0 Å². The molecule has 0 amide bonds. The number of carbonyl (C=O) groups is 1. The number of hydrogen-bond donors (Lipinski definition) is 1. The van der Waals surface area contributed by atoms with Crippen molar-refractivity contribution in [1.82, 2.24) is 0 Å². The zero-order valence-corrected chi connectivity index (χ0v) is 14.4. The molecule has 7 heteroatoms. The summed E-state index contributed by atoms with van der Waals surface area (Å²) in [5, 5.41) is 9.87. The molecule has 1 aliphatic carbocycles. The summed E-state index contributed by atoms with van der Waals surface area (Å²) in [5.41, 5.74) is -0.760. The SMILES string of the molecule is COc1cc(C2(C(=O)O)CCCCC2)c(OC)c(S(C)(=O)=O)c1. The molecule has 0 spiro atoms. The number of benzene rings is 1. The number of carboxylic acid groups (broad SMARTS) is 1. The van der Waals surface area contributed by atoms with Crippen molar-refractivity contribution in [3.63, 3.8) is 0 Å². The van der Waals surface area contributed by atoms with E-state index in [-0.39, 0.29) is 10.6 Å². The minimum atomic E-state index is -3.59. The number of aliphatic carboxylic acids is 1. The fraction of sp³-hybridized carbons (Fsp3) is 0.562. The zero-order chi connectivity index (χ0) is 17.3. The van der Waals surface area contributed by atoms with Crippen molar-refractivity contribution in [2.45, 2.75) is 42.4 Å². The van der Waals surface area contributed by atoms with Gasteiger partial charge in [-0.3, -0.25) is 4.79 Å². The second-order valence-corrected chi connectivity index (χ2v) is 7.91. The minimum Gasteiger partial charge on any atom is -0.497 e. The number of ether oxygens (including phenoxy) is 2. The predicted octanol–water partition coefficient (Wildman–Crippen LogP) is 2.39. The van der Waals surface area contributed by atoms with Crippen LogP contribution in [-0.2, 0) is 20.0 Å². The van der Waals surface area contributed by atoms with Crippen LogP contribution in [0.5, 0.6) is 11.5 Å². The number of methoxy groups -OCH3 is 2. The fourth-order valence-electron chi connectivity index (χ4n) is 3.29. The highest BCUT2D eigenvalue weighted by Gasteiger charge is 2.44. The Kier molecular flexibility index (Phi) is 4.89. The van der Waals surface area contributed by atoms with E-state index >= 15 is 0 Å². The molecule has 0 heterocycles. The molecule has 1 aromatic carbocycles. The molecule has 0 bridgehead atoms. The average molecular weight is 342 g/mol. The Balaban J connectivity index is 2.80. The Bertz CT molecular complexity index is 702. The molecule has 0 atom stereocenters. The van der Waals surface area contributed by atoms with E-state index in [1.54, 1.807) is 6.07 Å². The van der Waals surface area contributed by atoms with Crippen LogP contribution in [0.1, 0.15) is 37.7 Å². The lowest BCUT2D eigenvalue weighted by Crippen LogP contribution is -2.38. The van der Waals surface area contributed by atoms with Crippen molar-refractivity contribution in [1.29, 1.82) is 0 Å². The first-order valence-electron chi connectivity index (χ1n) is 7.46. The minimum absolute atomic E-state index is 0.0412. The molecule has 1 N–H and O–H groups in total. The van der Waals surface area contributed by atoms with E-state index in [2.05, 4.69) is 0 Å². The standard InChI is InChI=1S/C16H22O6S/c1-21-11-9-12(14(22-2)13(10-11)23(3,19)20)16(15(17)18)7-5-4-6-8-16/h9-10H,4-8H2,1-3H3,(H,17,18). The highest BCUT2D eigenvalue weighted by molar-refractivity contribution is 7.90. The van der Waals surface area contributed by atoms with Crippen molar-refractivity contribution >= 4 is 15.8 Å². The van der Waals surface area contributed by atoms with E-state index in [0.29, 0.717) is 24.2 Å². The summed E-state index contributed by atoms with van der Waals surface area (Å²) in [4.78, 5) is 12.0. The normalized spacial score (nSPS) is 17.5. The van der Waals surface area contributed by atoms with E-state index in [9.17, 15) is 18.3 Å². The molecule has 0 aromatic heterocycles. The van der Waals surface area contributed by atoms with Crippen molar-refractivity contribution in [3.05, 3.63) is 17.7 Å². The molecular formula is C16H22O6S. The van der Waals surface area contributed by atoms with Gasteiger partial charge in [0.05, 0.1) is 19.6 Å². The Morgan fingerprint density at radius 3 is 2.17 bits per heavy atom. The van der Waals surface area contributed by atoms with Crippen molar-refractivity contribution < 1.29 is 27.8 Å². The van der Waals surface area contributed by atoms with Gasteiger partial charge in [-0.05, 0) is 18.9 Å². The number of sulfone groups is 1. The summed E-state index contributed by atoms with van der Waals surface area (Å²) in [6.07, 6.45) is 4.51. The zero-order valence-electron chi connectivity index (χ0n) is 13.6. The van der Waals surface area contributed by atoms with Crippen molar-refractivity contribution in [3.8, 4) is 11.5 Å². The summed E-state index contributed by atoms with van der Waals surface area (Å²) in [6.45, 7) is 0. The molecule has 0 unspecified atom stereocenters. The van der Waals surface area contributed by atoms with Crippen LogP contribution in [-0.4, -0.2) is 40.0 Å².